The third-order valence-corrected chi connectivity index (χ3v) is 7.06. The highest BCUT2D eigenvalue weighted by atomic mass is 32.2. The van der Waals surface area contributed by atoms with Gasteiger partial charge < -0.3 is 15.4 Å². The van der Waals surface area contributed by atoms with Crippen molar-refractivity contribution in [2.45, 2.75) is 17.1 Å². The monoisotopic (exact) mass is 410 g/mol. The maximum Gasteiger partial charge on any atom is 0.309 e. The molecule has 1 unspecified atom stereocenters. The Hall–Kier alpha value is -2.23. The van der Waals surface area contributed by atoms with Gasteiger partial charge in [-0.3, -0.25) is 9.59 Å². The average molecular weight is 411 g/mol. The third-order valence-electron chi connectivity index (χ3n) is 3.83. The summed E-state index contributed by atoms with van der Waals surface area (Å²) in [6.07, 6.45) is 0. The fraction of sp³-hybridized carbons (Fsp3) is 0.333. The van der Waals surface area contributed by atoms with Crippen LogP contribution in [0.2, 0.25) is 0 Å². The predicted molar refractivity (Wildman–Crippen MR) is 103 cm³/mol. The van der Waals surface area contributed by atoms with E-state index >= 15 is 0 Å². The highest BCUT2D eigenvalue weighted by Gasteiger charge is 2.31. The molecule has 1 aromatic carbocycles. The SMILES string of the molecule is COCCNC(=O)C(=O)NCC(c1cccs1)S(=O)(=O)c1ccc(C)cc1. The van der Waals surface area contributed by atoms with Crippen LogP contribution in [0, 0.1) is 6.92 Å². The minimum atomic E-state index is -3.74. The second-order valence-corrected chi connectivity index (χ2v) is 8.93. The quantitative estimate of drug-likeness (QED) is 0.507. The van der Waals surface area contributed by atoms with Crippen LogP contribution in [0.5, 0.6) is 0 Å². The zero-order chi connectivity index (χ0) is 19.9. The number of carbonyl (C=O) groups is 2. The van der Waals surface area contributed by atoms with E-state index in [-0.39, 0.29) is 24.6 Å². The molecule has 1 atom stereocenters. The number of aryl methyl sites for hydroxylation is 1. The van der Waals surface area contributed by atoms with E-state index in [0.29, 0.717) is 4.88 Å². The lowest BCUT2D eigenvalue weighted by atomic mass is 10.2. The van der Waals surface area contributed by atoms with E-state index in [1.54, 1.807) is 41.8 Å². The molecule has 0 spiro atoms. The molecule has 0 aliphatic rings. The van der Waals surface area contributed by atoms with E-state index in [0.717, 1.165) is 5.56 Å². The molecule has 0 saturated carbocycles. The molecule has 2 aromatic rings. The van der Waals surface area contributed by atoms with Crippen LogP contribution < -0.4 is 10.6 Å². The first-order valence-corrected chi connectivity index (χ1v) is 10.7. The molecule has 0 bridgehead atoms. The number of hydrogen-bond donors (Lipinski definition) is 2. The molecule has 146 valence electrons. The van der Waals surface area contributed by atoms with Gasteiger partial charge in [-0.15, -0.1) is 11.3 Å². The van der Waals surface area contributed by atoms with E-state index < -0.39 is 26.9 Å². The number of amides is 2. The molecule has 7 nitrogen and oxygen atoms in total. The summed E-state index contributed by atoms with van der Waals surface area (Å²) in [7, 11) is -2.26. The number of methoxy groups -OCH3 is 1. The number of sulfone groups is 1. The topological polar surface area (TPSA) is 102 Å². The Kier molecular flexibility index (Phi) is 7.52. The Morgan fingerprint density at radius 2 is 1.78 bits per heavy atom. The Morgan fingerprint density at radius 1 is 1.11 bits per heavy atom. The Bertz CT molecular complexity index is 862. The fourth-order valence-electron chi connectivity index (χ4n) is 2.34. The average Bonchev–Trinajstić information content (AvgIpc) is 3.16. The van der Waals surface area contributed by atoms with Gasteiger partial charge in [0, 0.05) is 25.1 Å². The van der Waals surface area contributed by atoms with Gasteiger partial charge in [-0.1, -0.05) is 23.8 Å². The van der Waals surface area contributed by atoms with Crippen LogP contribution in [-0.4, -0.2) is 47.0 Å². The largest absolute Gasteiger partial charge is 0.383 e. The zero-order valence-corrected chi connectivity index (χ0v) is 16.7. The molecule has 1 heterocycles. The second kappa shape index (κ2) is 9.63. The van der Waals surface area contributed by atoms with Crippen molar-refractivity contribution in [1.29, 1.82) is 0 Å². The maximum absolute atomic E-state index is 13.1. The van der Waals surface area contributed by atoms with Gasteiger partial charge in [0.1, 0.15) is 5.25 Å². The molecule has 1 aromatic heterocycles. The first-order valence-electron chi connectivity index (χ1n) is 8.25. The smallest absolute Gasteiger partial charge is 0.309 e. The molecule has 2 amide bonds. The number of carbonyl (C=O) groups excluding carboxylic acids is 2. The van der Waals surface area contributed by atoms with Gasteiger partial charge in [0.05, 0.1) is 11.5 Å². The summed E-state index contributed by atoms with van der Waals surface area (Å²) in [5, 5.41) is 5.61. The maximum atomic E-state index is 13.1. The van der Waals surface area contributed by atoms with Gasteiger partial charge in [0.15, 0.2) is 9.84 Å². The van der Waals surface area contributed by atoms with Crippen LogP contribution in [-0.2, 0) is 24.2 Å². The molecule has 0 aliphatic heterocycles. The van der Waals surface area contributed by atoms with Crippen LogP contribution >= 0.6 is 11.3 Å². The summed E-state index contributed by atoms with van der Waals surface area (Å²) in [4.78, 5) is 24.5. The molecule has 0 radical (unpaired) electrons. The minimum absolute atomic E-state index is 0.172. The van der Waals surface area contributed by atoms with Crippen LogP contribution in [0.15, 0.2) is 46.7 Å². The number of hydrogen-bond acceptors (Lipinski definition) is 6. The molecule has 9 heteroatoms. The second-order valence-electron chi connectivity index (χ2n) is 5.82. The Morgan fingerprint density at radius 3 is 2.37 bits per heavy atom. The standard InChI is InChI=1S/C18H22N2O5S2/c1-13-5-7-14(8-6-13)27(23,24)16(15-4-3-11-26-15)12-20-18(22)17(21)19-9-10-25-2/h3-8,11,16H,9-10,12H2,1-2H3,(H,19,21)(H,20,22). The third kappa shape index (κ3) is 5.62. The molecular weight excluding hydrogens is 388 g/mol. The number of thiophene rings is 1. The van der Waals surface area contributed by atoms with Crippen molar-refractivity contribution in [2.24, 2.45) is 0 Å². The Labute approximate surface area is 162 Å². The fourth-order valence-corrected chi connectivity index (χ4v) is 5.13. The van der Waals surface area contributed by atoms with Crippen molar-refractivity contribution in [3.05, 3.63) is 52.2 Å². The van der Waals surface area contributed by atoms with Gasteiger partial charge in [0.2, 0.25) is 0 Å². The molecule has 2 rings (SSSR count). The van der Waals surface area contributed by atoms with Crippen LogP contribution in [0.1, 0.15) is 15.7 Å². The van der Waals surface area contributed by atoms with Crippen molar-refractivity contribution >= 4 is 33.0 Å². The van der Waals surface area contributed by atoms with Crippen molar-refractivity contribution in [3.8, 4) is 0 Å². The number of ether oxygens (including phenoxy) is 1. The lowest BCUT2D eigenvalue weighted by Gasteiger charge is -2.17. The molecular formula is C18H22N2O5S2. The van der Waals surface area contributed by atoms with E-state index in [4.69, 9.17) is 4.74 Å². The van der Waals surface area contributed by atoms with Crippen molar-refractivity contribution < 1.29 is 22.7 Å². The van der Waals surface area contributed by atoms with E-state index in [1.807, 2.05) is 6.92 Å². The first-order chi connectivity index (χ1) is 12.9. The van der Waals surface area contributed by atoms with Gasteiger partial charge >= 0.3 is 11.8 Å². The van der Waals surface area contributed by atoms with Crippen molar-refractivity contribution in [3.63, 3.8) is 0 Å². The first kappa shape index (κ1) is 21.1. The highest BCUT2D eigenvalue weighted by Crippen LogP contribution is 2.31. The Balaban J connectivity index is 2.15. The summed E-state index contributed by atoms with van der Waals surface area (Å²) in [6.45, 7) is 2.14. The van der Waals surface area contributed by atoms with Crippen molar-refractivity contribution in [2.75, 3.05) is 26.8 Å². The predicted octanol–water partition coefficient (Wildman–Crippen LogP) is 1.45. The molecule has 0 aliphatic carbocycles. The van der Waals surface area contributed by atoms with Crippen molar-refractivity contribution in [1.82, 2.24) is 10.6 Å². The number of nitrogens with one attached hydrogen (secondary N) is 2. The summed E-state index contributed by atoms with van der Waals surface area (Å²) in [6, 6.07) is 9.98. The van der Waals surface area contributed by atoms with Crippen LogP contribution in [0.25, 0.3) is 0 Å². The van der Waals surface area contributed by atoms with Gasteiger partial charge in [-0.05, 0) is 30.5 Å². The zero-order valence-electron chi connectivity index (χ0n) is 15.1. The summed E-state index contributed by atoms with van der Waals surface area (Å²) < 4.78 is 30.9. The van der Waals surface area contributed by atoms with Gasteiger partial charge in [0.25, 0.3) is 0 Å². The summed E-state index contributed by atoms with van der Waals surface area (Å²) in [5.41, 5.74) is 0.947. The van der Waals surface area contributed by atoms with E-state index in [2.05, 4.69) is 10.6 Å². The molecule has 2 N–H and O–H groups in total. The van der Waals surface area contributed by atoms with Gasteiger partial charge in [-0.2, -0.15) is 0 Å². The summed E-state index contributed by atoms with van der Waals surface area (Å²) >= 11 is 1.29. The van der Waals surface area contributed by atoms with E-state index in [1.165, 1.54) is 18.4 Å². The van der Waals surface area contributed by atoms with Gasteiger partial charge in [-0.25, -0.2) is 8.42 Å². The molecule has 27 heavy (non-hydrogen) atoms. The number of benzene rings is 1. The van der Waals surface area contributed by atoms with Crippen LogP contribution in [0.4, 0.5) is 0 Å². The van der Waals surface area contributed by atoms with E-state index in [9.17, 15) is 18.0 Å². The normalized spacial score (nSPS) is 12.4. The molecule has 0 fully saturated rings. The number of rotatable bonds is 8. The minimum Gasteiger partial charge on any atom is -0.383 e. The summed E-state index contributed by atoms with van der Waals surface area (Å²) in [5.74, 6) is -1.71. The lowest BCUT2D eigenvalue weighted by Crippen LogP contribution is -2.43. The highest BCUT2D eigenvalue weighted by molar-refractivity contribution is 7.91. The molecule has 0 saturated heterocycles. The van der Waals surface area contributed by atoms with Crippen LogP contribution in [0.3, 0.4) is 0 Å². The lowest BCUT2D eigenvalue weighted by molar-refractivity contribution is -0.139.